The van der Waals surface area contributed by atoms with Gasteiger partial charge in [-0.2, -0.15) is 10.4 Å². The molecule has 1 aliphatic rings. The van der Waals surface area contributed by atoms with Crippen molar-refractivity contribution < 1.29 is 42.9 Å². The first-order chi connectivity index (χ1) is 26.4. The number of nitriles is 1. The summed E-state index contributed by atoms with van der Waals surface area (Å²) in [6.45, 7) is 3.01. The molecule has 1 aliphatic heterocycles. The molecule has 55 heavy (non-hydrogen) atoms. The number of nitrogens with two attached hydrogens (primary N) is 1. The van der Waals surface area contributed by atoms with E-state index in [0.717, 1.165) is 19.3 Å². The Bertz CT molecular complexity index is 1710. The molecule has 306 valence electrons. The van der Waals surface area contributed by atoms with E-state index in [-0.39, 0.29) is 37.9 Å². The van der Waals surface area contributed by atoms with E-state index < -0.39 is 37.8 Å². The van der Waals surface area contributed by atoms with Crippen molar-refractivity contribution in [2.24, 2.45) is 0 Å². The molecule has 14 nitrogen and oxygen atoms in total. The summed E-state index contributed by atoms with van der Waals surface area (Å²) in [4.78, 5) is 14.6. The molecule has 0 saturated carbocycles. The van der Waals surface area contributed by atoms with Crippen molar-refractivity contribution in [3.63, 3.8) is 0 Å². The van der Waals surface area contributed by atoms with Crippen molar-refractivity contribution in [2.75, 3.05) is 38.8 Å². The Balaban J connectivity index is 1.22. The molecular formula is C39H59ClN5O9P. The molecule has 1 aromatic carbocycles. The molecule has 2 aromatic heterocycles. The second-order valence-corrected chi connectivity index (χ2v) is 16.6. The van der Waals surface area contributed by atoms with Crippen LogP contribution in [0.3, 0.4) is 0 Å². The van der Waals surface area contributed by atoms with Crippen molar-refractivity contribution in [3.05, 3.63) is 58.5 Å². The largest absolute Gasteiger partial charge is 0.472 e. The van der Waals surface area contributed by atoms with Gasteiger partial charge in [-0.15, -0.1) is 0 Å². The van der Waals surface area contributed by atoms with Gasteiger partial charge in [-0.05, 0) is 49.2 Å². The maximum absolute atomic E-state index is 13.1. The van der Waals surface area contributed by atoms with Crippen molar-refractivity contribution in [1.82, 2.24) is 14.6 Å². The number of halogens is 1. The summed E-state index contributed by atoms with van der Waals surface area (Å²) in [6.07, 6.45) is 16.4. The zero-order valence-corrected chi connectivity index (χ0v) is 33.9. The van der Waals surface area contributed by atoms with Crippen molar-refractivity contribution >= 4 is 30.8 Å². The molecule has 0 spiro atoms. The average Bonchev–Trinajstić information content (AvgIpc) is 3.71. The highest BCUT2D eigenvalue weighted by molar-refractivity contribution is 7.47. The molecule has 1 saturated heterocycles. The number of phosphoric acid groups is 1. The molecule has 0 radical (unpaired) electrons. The first-order valence-electron chi connectivity index (χ1n) is 19.5. The number of aromatic nitrogens is 3. The van der Waals surface area contributed by atoms with E-state index in [9.17, 15) is 24.9 Å². The van der Waals surface area contributed by atoms with Crippen LogP contribution in [0, 0.1) is 11.3 Å². The minimum atomic E-state index is -4.72. The third-order valence-corrected chi connectivity index (χ3v) is 11.2. The third kappa shape index (κ3) is 13.7. The van der Waals surface area contributed by atoms with Gasteiger partial charge in [0, 0.05) is 11.6 Å². The number of hydrogen-bond donors (Lipinski definition) is 4. The highest BCUT2D eigenvalue weighted by Gasteiger charge is 2.58. The number of benzene rings is 1. The standard InChI is InChI=1S/C39H59ClN5O9P/c1-3-4-5-6-7-8-9-10-11-12-13-14-15-16-19-50-25-33(51-24-31-20-30(23-41)21-32(40)22-31)26-53-55(48,49)54-27-38(2)37(46)39(47,28-52-38)35-18-17-34-36(42)43-29-44-45(34)35/h17-18,20-22,29,33,37,46-47H,3-16,19,24-28H2,1-2H3,(H,48,49)(H2,42,43,44)/t33-,37+,38+,39+/m0/s1. The van der Waals surface area contributed by atoms with Gasteiger partial charge in [0.2, 0.25) is 0 Å². The van der Waals surface area contributed by atoms with Gasteiger partial charge in [0.05, 0.1) is 50.4 Å². The van der Waals surface area contributed by atoms with Crippen LogP contribution in [0.15, 0.2) is 36.7 Å². The molecule has 5 atom stereocenters. The van der Waals surface area contributed by atoms with Crippen LogP contribution in [-0.2, 0) is 40.0 Å². The number of hydrogen-bond acceptors (Lipinski definition) is 12. The summed E-state index contributed by atoms with van der Waals surface area (Å²) in [7, 11) is -4.72. The van der Waals surface area contributed by atoms with Crippen LogP contribution in [0.2, 0.25) is 5.02 Å². The normalized spacial score (nSPS) is 21.5. The fraction of sp³-hybridized carbons (Fsp3) is 0.667. The average molecular weight is 808 g/mol. The monoisotopic (exact) mass is 807 g/mol. The molecule has 3 aromatic rings. The lowest BCUT2D eigenvalue weighted by atomic mass is 9.86. The van der Waals surface area contributed by atoms with Crippen LogP contribution < -0.4 is 5.73 Å². The topological polar surface area (TPSA) is 204 Å². The zero-order chi connectivity index (χ0) is 39.7. The Morgan fingerprint density at radius 3 is 2.35 bits per heavy atom. The second-order valence-electron chi connectivity index (χ2n) is 14.7. The second kappa shape index (κ2) is 22.3. The van der Waals surface area contributed by atoms with Gasteiger partial charge in [0.1, 0.15) is 29.7 Å². The summed E-state index contributed by atoms with van der Waals surface area (Å²) in [6, 6.07) is 10.1. The van der Waals surface area contributed by atoms with Crippen LogP contribution in [-0.4, -0.2) is 80.5 Å². The van der Waals surface area contributed by atoms with E-state index in [0.29, 0.717) is 28.3 Å². The molecule has 16 heteroatoms. The molecule has 5 N–H and O–H groups in total. The first-order valence-corrected chi connectivity index (χ1v) is 21.4. The summed E-state index contributed by atoms with van der Waals surface area (Å²) in [5, 5.41) is 36.6. The van der Waals surface area contributed by atoms with Gasteiger partial charge in [-0.3, -0.25) is 9.05 Å². The van der Waals surface area contributed by atoms with E-state index in [1.807, 2.05) is 0 Å². The maximum Gasteiger partial charge on any atom is 0.472 e. The quantitative estimate of drug-likeness (QED) is 0.0439. The number of nitrogens with zero attached hydrogens (tertiary/aromatic N) is 4. The Kier molecular flexibility index (Phi) is 18.3. The van der Waals surface area contributed by atoms with Crippen LogP contribution in [0.4, 0.5) is 5.82 Å². The molecule has 4 rings (SSSR count). The molecule has 0 amide bonds. The summed E-state index contributed by atoms with van der Waals surface area (Å²) < 4.78 is 42.7. The molecule has 3 heterocycles. The Morgan fingerprint density at radius 2 is 1.69 bits per heavy atom. The number of ether oxygens (including phenoxy) is 3. The predicted octanol–water partition coefficient (Wildman–Crippen LogP) is 7.39. The van der Waals surface area contributed by atoms with Gasteiger partial charge in [0.25, 0.3) is 0 Å². The lowest BCUT2D eigenvalue weighted by Gasteiger charge is -2.32. The molecule has 0 aliphatic carbocycles. The Morgan fingerprint density at radius 1 is 1.04 bits per heavy atom. The van der Waals surface area contributed by atoms with Crippen LogP contribution >= 0.6 is 19.4 Å². The van der Waals surface area contributed by atoms with Gasteiger partial charge in [-0.1, -0.05) is 102 Å². The van der Waals surface area contributed by atoms with Crippen molar-refractivity contribution in [3.8, 4) is 6.07 Å². The number of phosphoric ester groups is 1. The van der Waals surface area contributed by atoms with E-state index in [2.05, 4.69) is 23.1 Å². The lowest BCUT2D eigenvalue weighted by molar-refractivity contribution is -0.101. The van der Waals surface area contributed by atoms with Crippen LogP contribution in [0.25, 0.3) is 5.52 Å². The van der Waals surface area contributed by atoms with E-state index in [1.165, 1.54) is 88.4 Å². The van der Waals surface area contributed by atoms with Crippen molar-refractivity contribution in [1.29, 1.82) is 5.26 Å². The SMILES string of the molecule is CCCCCCCCCCCCCCCCOC[C@@H](COP(=O)(O)OC[C@@]1(C)OC[C@@](O)(c2ccc3c(N)ncnn23)[C@@H]1O)OCc1cc(Cl)cc(C#N)c1. The minimum Gasteiger partial charge on any atom is -0.386 e. The highest BCUT2D eigenvalue weighted by atomic mass is 35.5. The minimum absolute atomic E-state index is 0.0454. The smallest absolute Gasteiger partial charge is 0.386 e. The van der Waals surface area contributed by atoms with E-state index in [1.54, 1.807) is 30.3 Å². The third-order valence-electron chi connectivity index (χ3n) is 10.0. The molecule has 1 unspecified atom stereocenters. The van der Waals surface area contributed by atoms with E-state index in [4.69, 9.17) is 40.6 Å². The molecule has 0 bridgehead atoms. The number of aliphatic hydroxyl groups is 2. The van der Waals surface area contributed by atoms with Crippen molar-refractivity contribution in [2.45, 2.75) is 134 Å². The summed E-state index contributed by atoms with van der Waals surface area (Å²) >= 11 is 6.17. The van der Waals surface area contributed by atoms with Gasteiger partial charge >= 0.3 is 7.82 Å². The number of anilines is 1. The fourth-order valence-corrected chi connectivity index (χ4v) is 7.85. The van der Waals surface area contributed by atoms with Gasteiger partial charge in [-0.25, -0.2) is 14.1 Å². The van der Waals surface area contributed by atoms with Crippen LogP contribution in [0.1, 0.15) is 121 Å². The maximum atomic E-state index is 13.1. The number of unbranched alkanes of at least 4 members (excludes halogenated alkanes) is 13. The summed E-state index contributed by atoms with van der Waals surface area (Å²) in [5.74, 6) is 0.185. The Labute approximate surface area is 329 Å². The van der Waals surface area contributed by atoms with Gasteiger partial charge in [0.15, 0.2) is 11.4 Å². The number of aliphatic hydroxyl groups excluding tert-OH is 1. The van der Waals surface area contributed by atoms with Crippen LogP contribution in [0.5, 0.6) is 0 Å². The molecular weight excluding hydrogens is 749 g/mol. The fourth-order valence-electron chi connectivity index (χ4n) is 6.75. The highest BCUT2D eigenvalue weighted by Crippen LogP contribution is 2.47. The lowest BCUT2D eigenvalue weighted by Crippen LogP contribution is -2.49. The molecule has 1 fully saturated rings. The summed E-state index contributed by atoms with van der Waals surface area (Å²) in [5.41, 5.74) is 4.02. The number of rotatable bonds is 27. The predicted molar refractivity (Wildman–Crippen MR) is 209 cm³/mol. The zero-order valence-electron chi connectivity index (χ0n) is 32.2. The van der Waals surface area contributed by atoms with E-state index >= 15 is 0 Å². The first kappa shape index (κ1) is 45.0. The van der Waals surface area contributed by atoms with Gasteiger partial charge < -0.3 is 35.1 Å². The number of nitrogen functional groups attached to an aromatic ring is 1. The Hall–Kier alpha value is -2.67. The number of fused-ring (bicyclic) bond motifs is 1.